The molecule has 2 unspecified atom stereocenters. The van der Waals surface area contributed by atoms with Gasteiger partial charge in [0, 0.05) is 12.1 Å². The lowest BCUT2D eigenvalue weighted by atomic mass is 10.3. The summed E-state index contributed by atoms with van der Waals surface area (Å²) in [6, 6.07) is 10.1. The van der Waals surface area contributed by atoms with Crippen molar-refractivity contribution < 1.29 is 28.4 Å². The molecule has 0 fully saturated rings. The number of carboxylic acids is 1. The summed E-state index contributed by atoms with van der Waals surface area (Å²) in [5.74, 6) is -1.08. The first-order valence-electron chi connectivity index (χ1n) is 7.19. The van der Waals surface area contributed by atoms with Crippen LogP contribution in [0.15, 0.2) is 53.0 Å². The lowest BCUT2D eigenvalue weighted by Gasteiger charge is -2.22. The molecule has 0 radical (unpaired) electrons. The molecule has 26 heavy (non-hydrogen) atoms. The van der Waals surface area contributed by atoms with Gasteiger partial charge >= 0.3 is 13.7 Å². The lowest BCUT2D eigenvalue weighted by Crippen LogP contribution is -2.34. The van der Waals surface area contributed by atoms with Gasteiger partial charge in [-0.3, -0.25) is 14.9 Å². The van der Waals surface area contributed by atoms with Gasteiger partial charge in [0.25, 0.3) is 5.69 Å². The third kappa shape index (κ3) is 5.29. The predicted octanol–water partition coefficient (Wildman–Crippen LogP) is 3.99. The van der Waals surface area contributed by atoms with Crippen LogP contribution in [-0.4, -0.2) is 22.0 Å². The molecule has 2 rings (SSSR count). The maximum atomic E-state index is 13.1. The zero-order valence-corrected chi connectivity index (χ0v) is 15.8. The van der Waals surface area contributed by atoms with Crippen LogP contribution in [0.3, 0.4) is 0 Å². The first-order valence-corrected chi connectivity index (χ1v) is 9.52. The van der Waals surface area contributed by atoms with Crippen molar-refractivity contribution in [2.24, 2.45) is 0 Å². The van der Waals surface area contributed by atoms with E-state index in [0.717, 1.165) is 0 Å². The summed E-state index contributed by atoms with van der Waals surface area (Å²) >= 11 is 3.23. The molecule has 0 aliphatic rings. The molecule has 0 aliphatic carbocycles. The van der Waals surface area contributed by atoms with Crippen molar-refractivity contribution in [2.45, 2.75) is 13.0 Å². The minimum atomic E-state index is -4.17. The smallest absolute Gasteiger partial charge is 0.480 e. The number of hydrogen-bond acceptors (Lipinski definition) is 6. The maximum Gasteiger partial charge on any atom is 0.513 e. The van der Waals surface area contributed by atoms with E-state index in [4.69, 9.17) is 14.2 Å². The van der Waals surface area contributed by atoms with Crippen molar-refractivity contribution >= 4 is 35.3 Å². The third-order valence-electron chi connectivity index (χ3n) is 3.05. The van der Waals surface area contributed by atoms with Crippen LogP contribution in [0.2, 0.25) is 0 Å². The Balaban J connectivity index is 2.30. The monoisotopic (exact) mass is 444 g/mol. The molecule has 0 aromatic heterocycles. The molecular formula is C15H14BrN2O7P. The van der Waals surface area contributed by atoms with Gasteiger partial charge in [-0.1, -0.05) is 12.1 Å². The Labute approximate surface area is 156 Å². The van der Waals surface area contributed by atoms with E-state index < -0.39 is 24.7 Å². The van der Waals surface area contributed by atoms with Crippen LogP contribution in [0.5, 0.6) is 11.5 Å². The summed E-state index contributed by atoms with van der Waals surface area (Å²) in [6.45, 7) is 1.28. The van der Waals surface area contributed by atoms with E-state index >= 15 is 0 Å². The second kappa shape index (κ2) is 8.31. The number of nitro benzene ring substituents is 1. The van der Waals surface area contributed by atoms with E-state index in [2.05, 4.69) is 21.0 Å². The van der Waals surface area contributed by atoms with Crippen molar-refractivity contribution in [2.75, 3.05) is 0 Å². The Morgan fingerprint density at radius 3 is 2.38 bits per heavy atom. The highest BCUT2D eigenvalue weighted by Crippen LogP contribution is 2.47. The molecule has 2 atom stereocenters. The fourth-order valence-corrected chi connectivity index (χ4v) is 3.82. The molecule has 11 heteroatoms. The predicted molar refractivity (Wildman–Crippen MR) is 96.3 cm³/mol. The van der Waals surface area contributed by atoms with Crippen molar-refractivity contribution in [3.8, 4) is 11.5 Å². The summed E-state index contributed by atoms with van der Waals surface area (Å²) in [5.41, 5.74) is -0.175. The van der Waals surface area contributed by atoms with Crippen LogP contribution in [-0.2, 0) is 9.36 Å². The van der Waals surface area contributed by atoms with Gasteiger partial charge < -0.3 is 14.2 Å². The Kier molecular flexibility index (Phi) is 6.36. The SMILES string of the molecule is CC(NP(=O)(Oc1ccc([N+](=O)[O-])cc1)Oc1ccccc1Br)C(=O)O. The molecule has 0 saturated heterocycles. The Hall–Kier alpha value is -2.42. The lowest BCUT2D eigenvalue weighted by molar-refractivity contribution is -0.384. The van der Waals surface area contributed by atoms with Gasteiger partial charge in [-0.05, 0) is 47.1 Å². The first kappa shape index (κ1) is 19.9. The normalized spacial score (nSPS) is 14.1. The summed E-state index contributed by atoms with van der Waals surface area (Å²) in [6.07, 6.45) is 0. The summed E-state index contributed by atoms with van der Waals surface area (Å²) in [5, 5.41) is 22.1. The van der Waals surface area contributed by atoms with Crippen molar-refractivity contribution in [3.05, 3.63) is 63.1 Å². The van der Waals surface area contributed by atoms with Gasteiger partial charge in [0.15, 0.2) is 0 Å². The average Bonchev–Trinajstić information content (AvgIpc) is 2.57. The number of benzene rings is 2. The first-order chi connectivity index (χ1) is 12.2. The molecule has 2 N–H and O–H groups in total. The van der Waals surface area contributed by atoms with E-state index in [0.29, 0.717) is 4.47 Å². The number of nitro groups is 1. The number of carboxylic acid groups (broad SMARTS) is 1. The van der Waals surface area contributed by atoms with Gasteiger partial charge in [0.1, 0.15) is 17.5 Å². The van der Waals surface area contributed by atoms with Crippen molar-refractivity contribution in [1.82, 2.24) is 5.09 Å². The van der Waals surface area contributed by atoms with Crippen molar-refractivity contribution in [3.63, 3.8) is 0 Å². The number of rotatable bonds is 8. The third-order valence-corrected chi connectivity index (χ3v) is 5.30. The molecule has 9 nitrogen and oxygen atoms in total. The Morgan fingerprint density at radius 1 is 1.23 bits per heavy atom. The van der Waals surface area contributed by atoms with Gasteiger partial charge in [0.2, 0.25) is 0 Å². The number of non-ortho nitro benzene ring substituents is 1. The quantitative estimate of drug-likeness (QED) is 0.355. The number of nitrogens with one attached hydrogen (secondary N) is 1. The van der Waals surface area contributed by atoms with Gasteiger partial charge in [0.05, 0.1) is 9.40 Å². The number of nitrogens with zero attached hydrogens (tertiary/aromatic N) is 1. The second-order valence-electron chi connectivity index (χ2n) is 5.05. The van der Waals surface area contributed by atoms with E-state index in [1.807, 2.05) is 0 Å². The molecule has 0 spiro atoms. The largest absolute Gasteiger partial charge is 0.513 e. The Morgan fingerprint density at radius 2 is 1.85 bits per heavy atom. The second-order valence-corrected chi connectivity index (χ2v) is 7.52. The van der Waals surface area contributed by atoms with Crippen molar-refractivity contribution in [1.29, 1.82) is 0 Å². The fraction of sp³-hybridized carbons (Fsp3) is 0.133. The maximum absolute atomic E-state index is 13.1. The van der Waals surface area contributed by atoms with Crippen LogP contribution in [0.25, 0.3) is 0 Å². The number of para-hydroxylation sites is 1. The van der Waals surface area contributed by atoms with E-state index in [1.54, 1.807) is 18.2 Å². The standard InChI is InChI=1S/C15H14BrN2O7P/c1-10(15(19)20)17-26(23,25-14-5-3-2-4-13(14)16)24-12-8-6-11(7-9-12)18(21)22/h2-10H,1H3,(H,17,23)(H,19,20). The summed E-state index contributed by atoms with van der Waals surface area (Å²) < 4.78 is 24.3. The van der Waals surface area contributed by atoms with Crippen LogP contribution < -0.4 is 14.1 Å². The van der Waals surface area contributed by atoms with Gasteiger partial charge in [-0.2, -0.15) is 5.09 Å². The molecule has 0 saturated carbocycles. The fourth-order valence-electron chi connectivity index (χ4n) is 1.78. The van der Waals surface area contributed by atoms with Gasteiger partial charge in [-0.15, -0.1) is 0 Å². The molecule has 0 aliphatic heterocycles. The highest BCUT2D eigenvalue weighted by molar-refractivity contribution is 9.10. The van der Waals surface area contributed by atoms with E-state index in [1.165, 1.54) is 37.3 Å². The molecule has 2 aromatic rings. The molecule has 0 heterocycles. The zero-order chi connectivity index (χ0) is 19.3. The van der Waals surface area contributed by atoms with Gasteiger partial charge in [-0.25, -0.2) is 4.57 Å². The van der Waals surface area contributed by atoms with E-state index in [-0.39, 0.29) is 17.2 Å². The van der Waals surface area contributed by atoms with Crippen LogP contribution in [0.4, 0.5) is 5.69 Å². The number of hydrogen-bond donors (Lipinski definition) is 2. The average molecular weight is 445 g/mol. The molecular weight excluding hydrogens is 431 g/mol. The highest BCUT2D eigenvalue weighted by Gasteiger charge is 2.33. The number of aliphatic carboxylic acids is 1. The minimum absolute atomic E-state index is 0.0103. The van der Waals surface area contributed by atoms with Crippen LogP contribution in [0, 0.1) is 10.1 Å². The topological polar surface area (TPSA) is 128 Å². The summed E-state index contributed by atoms with van der Waals surface area (Å²) in [4.78, 5) is 21.2. The molecule has 0 amide bonds. The number of halogens is 1. The van der Waals surface area contributed by atoms with Crippen LogP contribution >= 0.6 is 23.7 Å². The van der Waals surface area contributed by atoms with Crippen LogP contribution in [0.1, 0.15) is 6.92 Å². The molecule has 138 valence electrons. The Bertz CT molecular complexity index is 859. The molecule has 0 bridgehead atoms. The molecule has 2 aromatic carbocycles. The number of carbonyl (C=O) groups is 1. The zero-order valence-electron chi connectivity index (χ0n) is 13.4. The summed E-state index contributed by atoms with van der Waals surface area (Å²) in [7, 11) is -4.17. The minimum Gasteiger partial charge on any atom is -0.480 e. The van der Waals surface area contributed by atoms with E-state index in [9.17, 15) is 19.5 Å². The highest BCUT2D eigenvalue weighted by atomic mass is 79.9.